The monoisotopic (exact) mass is 678 g/mol. The van der Waals surface area contributed by atoms with E-state index in [1.807, 2.05) is 0 Å². The van der Waals surface area contributed by atoms with E-state index in [1.54, 1.807) is 10.4 Å². The normalized spacial score (nSPS) is 16.8. The van der Waals surface area contributed by atoms with E-state index in [0.29, 0.717) is 0 Å². The van der Waals surface area contributed by atoms with Crippen molar-refractivity contribution in [2.75, 3.05) is 13.2 Å². The summed E-state index contributed by atoms with van der Waals surface area (Å²) < 4.78 is 12.5. The zero-order chi connectivity index (χ0) is 25.3. The van der Waals surface area contributed by atoms with Crippen LogP contribution >= 0.6 is 0 Å². The third-order valence-electron chi connectivity index (χ3n) is 6.93. The van der Waals surface area contributed by atoms with E-state index >= 15 is 0 Å². The number of hydrogen-bond donors (Lipinski definition) is 0. The van der Waals surface area contributed by atoms with Crippen molar-refractivity contribution in [1.29, 1.82) is 0 Å². The Morgan fingerprint density at radius 1 is 0.667 bits per heavy atom. The molecule has 36 heavy (non-hydrogen) atoms. The van der Waals surface area contributed by atoms with Crippen LogP contribution < -0.4 is 24.8 Å². The molecule has 204 valence electrons. The van der Waals surface area contributed by atoms with Gasteiger partial charge >= 0.3 is 26.2 Å². The van der Waals surface area contributed by atoms with E-state index in [9.17, 15) is 0 Å². The molecule has 2 rings (SSSR count). The molecule has 0 aromatic carbocycles. The molecule has 0 amide bonds. The van der Waals surface area contributed by atoms with Crippen LogP contribution in [0.1, 0.15) is 26.7 Å². The third-order valence-corrected chi connectivity index (χ3v) is 15.6. The predicted molar refractivity (Wildman–Crippen MR) is 156 cm³/mol. The van der Waals surface area contributed by atoms with E-state index < -0.39 is 32.8 Å². The topological polar surface area (TPSA) is 18.5 Å². The minimum atomic E-state index is -1.63. The first-order valence-electron chi connectivity index (χ1n) is 12.8. The molecular weight excluding hydrogens is 631 g/mol. The summed E-state index contributed by atoms with van der Waals surface area (Å²) >= 11 is 0. The Kier molecular flexibility index (Phi) is 16.1. The van der Waals surface area contributed by atoms with Gasteiger partial charge in [0.2, 0.25) is 0 Å². The average Bonchev–Trinajstić information content (AvgIpc) is 3.30. The summed E-state index contributed by atoms with van der Waals surface area (Å²) in [6.45, 7) is 30.4. The van der Waals surface area contributed by atoms with E-state index in [0.717, 1.165) is 26.1 Å². The van der Waals surface area contributed by atoms with Crippen molar-refractivity contribution in [2.45, 2.75) is 104 Å². The molecule has 0 bridgehead atoms. The molecule has 9 heteroatoms. The van der Waals surface area contributed by atoms with Gasteiger partial charge in [0.05, 0.1) is 0 Å². The van der Waals surface area contributed by atoms with Crippen molar-refractivity contribution in [3.8, 4) is 0 Å². The molecule has 0 aromatic rings. The van der Waals surface area contributed by atoms with Gasteiger partial charge in [-0.1, -0.05) is 40.0 Å². The quantitative estimate of drug-likeness (QED) is 0.233. The summed E-state index contributed by atoms with van der Waals surface area (Å²) in [6, 6.07) is 2.35. The molecule has 0 unspecified atom stereocenters. The fraction of sp³-hybridized carbons (Fsp3) is 0.704. The van der Waals surface area contributed by atoms with Crippen molar-refractivity contribution in [2.24, 2.45) is 5.41 Å². The van der Waals surface area contributed by atoms with Gasteiger partial charge in [-0.3, -0.25) is 12.2 Å². The first kappa shape index (κ1) is 39.4. The van der Waals surface area contributed by atoms with Crippen molar-refractivity contribution in [3.05, 3.63) is 45.8 Å². The zero-order valence-electron chi connectivity index (χ0n) is 25.0. The van der Waals surface area contributed by atoms with Gasteiger partial charge in [0.25, 0.3) is 0 Å². The maximum atomic E-state index is 6.25. The van der Waals surface area contributed by atoms with Gasteiger partial charge in [-0.2, -0.15) is 12.2 Å². The maximum absolute atomic E-state index is 6.25. The van der Waals surface area contributed by atoms with Crippen LogP contribution in [-0.4, -0.2) is 46.0 Å². The molecule has 0 aliphatic heterocycles. The molecule has 0 fully saturated rings. The largest absolute Gasteiger partial charge is 4.00 e. The average molecular weight is 681 g/mol. The first-order valence-corrected chi connectivity index (χ1v) is 26.0. The second-order valence-electron chi connectivity index (χ2n) is 13.6. The van der Waals surface area contributed by atoms with Crippen molar-refractivity contribution in [1.82, 2.24) is 0 Å². The Labute approximate surface area is 259 Å². The van der Waals surface area contributed by atoms with Gasteiger partial charge in [-0.25, -0.2) is 21.5 Å². The van der Waals surface area contributed by atoms with Crippen LogP contribution in [0.3, 0.4) is 0 Å². The van der Waals surface area contributed by atoms with Crippen LogP contribution in [0.15, 0.2) is 33.7 Å². The fourth-order valence-corrected chi connectivity index (χ4v) is 11.9. The van der Waals surface area contributed by atoms with E-state index in [-0.39, 0.29) is 56.4 Å². The van der Waals surface area contributed by atoms with Gasteiger partial charge in [0.1, 0.15) is 0 Å². The second kappa shape index (κ2) is 14.7. The van der Waals surface area contributed by atoms with Gasteiger partial charge < -0.3 is 33.7 Å². The van der Waals surface area contributed by atoms with Gasteiger partial charge in [-0.15, -0.1) is 18.3 Å². The van der Waals surface area contributed by atoms with Gasteiger partial charge in [-0.05, 0) is 51.4 Å². The Bertz CT molecular complexity index is 781. The summed E-state index contributed by atoms with van der Waals surface area (Å²) in [4.78, 5) is 0. The Morgan fingerprint density at radius 3 is 1.25 bits per heavy atom. The van der Waals surface area contributed by atoms with Crippen LogP contribution in [0.5, 0.6) is 0 Å². The van der Waals surface area contributed by atoms with Crippen LogP contribution in [0.2, 0.25) is 77.6 Å². The smallest absolute Gasteiger partial charge is 1.00 e. The molecule has 0 heterocycles. The summed E-state index contributed by atoms with van der Waals surface area (Å²) in [6.07, 6.45) is 14.5. The minimum Gasteiger partial charge on any atom is -1.00 e. The summed E-state index contributed by atoms with van der Waals surface area (Å²) in [5, 5.41) is 3.08. The van der Waals surface area contributed by atoms with Gasteiger partial charge in [0.15, 0.2) is 16.6 Å². The number of hydrogen-bond acceptors (Lipinski definition) is 2. The van der Waals surface area contributed by atoms with Crippen molar-refractivity contribution < 1.29 is 59.9 Å². The molecule has 0 saturated carbocycles. The standard InChI is InChI=1S/C27H50O2Si4.2ClH.Zr/c1-27(2,23-15-13-17-25(23)32(9,10)21-19-28-30(3,4)5)24-16-14-18-26(24)33(11,12)22-20-29-31(6,7)8;;;/h15-16H,13-14,19-22H2,1-12H3;2*1H;/q-2;;;+4/p-2. The van der Waals surface area contributed by atoms with E-state index in [4.69, 9.17) is 8.85 Å². The van der Waals surface area contributed by atoms with Crippen LogP contribution in [-0.2, 0) is 35.1 Å². The third kappa shape index (κ3) is 11.0. The minimum absolute atomic E-state index is 0. The SMILES string of the molecule is CC(C)(C1=CC[C-]=C1[Si](C)(C)CCO[Si](C)(C)C)C1=CC[C-]=C1[Si](C)(C)CCO[Si](C)(C)C.[Cl-].[Cl-].[Zr+4]. The molecule has 0 aromatic heterocycles. The number of halogens is 2. The fourth-order valence-electron chi connectivity index (χ4n) is 4.87. The van der Waals surface area contributed by atoms with Crippen LogP contribution in [0.4, 0.5) is 0 Å². The molecule has 0 N–H and O–H groups in total. The van der Waals surface area contributed by atoms with Crippen molar-refractivity contribution in [3.63, 3.8) is 0 Å². The Morgan fingerprint density at radius 2 is 0.972 bits per heavy atom. The molecule has 2 aliphatic rings. The number of rotatable bonds is 12. The molecule has 0 atom stereocenters. The molecular formula is C27H50Cl2O2Si4Zr. The van der Waals surface area contributed by atoms with E-state index in [1.165, 1.54) is 23.2 Å². The molecule has 0 spiro atoms. The van der Waals surface area contributed by atoms with Crippen LogP contribution in [0, 0.1) is 17.6 Å². The van der Waals surface area contributed by atoms with E-state index in [2.05, 4.69) is 104 Å². The molecule has 2 nitrogen and oxygen atoms in total. The number of allylic oxidation sites excluding steroid dienone is 8. The van der Waals surface area contributed by atoms with Crippen molar-refractivity contribution >= 4 is 32.8 Å². The van der Waals surface area contributed by atoms with Gasteiger partial charge in [0, 0.05) is 29.4 Å². The second-order valence-corrected chi connectivity index (χ2v) is 32.1. The molecule has 0 radical (unpaired) electrons. The Balaban J connectivity index is 0. The zero-order valence-corrected chi connectivity index (χ0v) is 32.9. The predicted octanol–water partition coefficient (Wildman–Crippen LogP) is 2.34. The molecule has 2 aliphatic carbocycles. The first-order chi connectivity index (χ1) is 14.9. The van der Waals surface area contributed by atoms with Crippen LogP contribution in [0.25, 0.3) is 0 Å². The maximum Gasteiger partial charge on any atom is 4.00 e. The summed E-state index contributed by atoms with van der Waals surface area (Å²) in [7, 11) is -6.20. The molecule has 0 saturated heterocycles. The summed E-state index contributed by atoms with van der Waals surface area (Å²) in [5.41, 5.74) is 3.07. The Hall–Kier alpha value is 1.21. The summed E-state index contributed by atoms with van der Waals surface area (Å²) in [5.74, 6) is 0.